The summed E-state index contributed by atoms with van der Waals surface area (Å²) in [6, 6.07) is 2.36. The molecule has 0 aliphatic carbocycles. The molecule has 0 aromatic heterocycles. The zero-order chi connectivity index (χ0) is 11.4. The van der Waals surface area contributed by atoms with Crippen molar-refractivity contribution in [2.75, 3.05) is 12.3 Å². The highest BCUT2D eigenvalue weighted by atomic mass is 19.1. The van der Waals surface area contributed by atoms with Crippen LogP contribution in [-0.4, -0.2) is 17.7 Å². The van der Waals surface area contributed by atoms with E-state index in [1.807, 2.05) is 6.92 Å². The molecule has 0 saturated carbocycles. The number of carbonyl (C=O) groups is 1. The first-order chi connectivity index (χ1) is 7.07. The Bertz CT molecular complexity index is 379. The molecule has 0 radical (unpaired) electrons. The quantitative estimate of drug-likeness (QED) is 0.749. The number of hydrogen-bond donors (Lipinski definition) is 2. The lowest BCUT2D eigenvalue weighted by Gasteiger charge is -2.10. The highest BCUT2D eigenvalue weighted by Crippen LogP contribution is 2.27. The smallest absolute Gasteiger partial charge is 0.341 e. The lowest BCUT2D eigenvalue weighted by Crippen LogP contribution is -2.09. The van der Waals surface area contributed by atoms with Crippen molar-refractivity contribution in [2.45, 2.75) is 13.3 Å². The predicted molar refractivity (Wildman–Crippen MR) is 53.6 cm³/mol. The summed E-state index contributed by atoms with van der Waals surface area (Å²) in [7, 11) is 0. The van der Waals surface area contributed by atoms with Gasteiger partial charge >= 0.3 is 5.97 Å². The van der Waals surface area contributed by atoms with Gasteiger partial charge in [-0.05, 0) is 18.6 Å². The SMILES string of the molecule is CCCOc1ccc(F)c(N)c1C(=O)O. The fourth-order valence-corrected chi connectivity index (χ4v) is 1.13. The second kappa shape index (κ2) is 4.63. The number of benzene rings is 1. The summed E-state index contributed by atoms with van der Waals surface area (Å²) in [6.45, 7) is 2.25. The summed E-state index contributed by atoms with van der Waals surface area (Å²) in [5.41, 5.74) is 4.61. The monoisotopic (exact) mass is 213 g/mol. The van der Waals surface area contributed by atoms with Crippen molar-refractivity contribution in [1.82, 2.24) is 0 Å². The van der Waals surface area contributed by atoms with Crippen LogP contribution in [0.1, 0.15) is 23.7 Å². The first-order valence-corrected chi connectivity index (χ1v) is 4.52. The van der Waals surface area contributed by atoms with E-state index < -0.39 is 17.5 Å². The average Bonchev–Trinajstić information content (AvgIpc) is 2.19. The Kier molecular flexibility index (Phi) is 3.49. The Morgan fingerprint density at radius 2 is 2.27 bits per heavy atom. The molecule has 1 rings (SSSR count). The maximum absolute atomic E-state index is 13.0. The summed E-state index contributed by atoms with van der Waals surface area (Å²) in [4.78, 5) is 10.8. The third-order valence-electron chi connectivity index (χ3n) is 1.83. The summed E-state index contributed by atoms with van der Waals surface area (Å²) >= 11 is 0. The van der Waals surface area contributed by atoms with E-state index in [1.165, 1.54) is 6.07 Å². The van der Waals surface area contributed by atoms with E-state index in [9.17, 15) is 9.18 Å². The van der Waals surface area contributed by atoms with Crippen LogP contribution in [0.15, 0.2) is 12.1 Å². The van der Waals surface area contributed by atoms with Gasteiger partial charge in [0, 0.05) is 0 Å². The lowest BCUT2D eigenvalue weighted by molar-refractivity contribution is 0.0693. The number of anilines is 1. The molecular weight excluding hydrogens is 201 g/mol. The fourth-order valence-electron chi connectivity index (χ4n) is 1.13. The van der Waals surface area contributed by atoms with E-state index in [-0.39, 0.29) is 11.3 Å². The van der Waals surface area contributed by atoms with Crippen LogP contribution in [0, 0.1) is 5.82 Å². The number of nitrogens with two attached hydrogens (primary N) is 1. The van der Waals surface area contributed by atoms with E-state index in [4.69, 9.17) is 15.6 Å². The number of carboxylic acid groups (broad SMARTS) is 1. The maximum atomic E-state index is 13.0. The second-order valence-electron chi connectivity index (χ2n) is 2.99. The van der Waals surface area contributed by atoms with Crippen molar-refractivity contribution in [3.05, 3.63) is 23.5 Å². The number of ether oxygens (including phenoxy) is 1. The topological polar surface area (TPSA) is 72.5 Å². The summed E-state index contributed by atoms with van der Waals surface area (Å²) < 4.78 is 18.2. The third kappa shape index (κ3) is 2.37. The minimum atomic E-state index is -1.29. The molecule has 0 amide bonds. The van der Waals surface area contributed by atoms with Crippen LogP contribution in [0.2, 0.25) is 0 Å². The number of rotatable bonds is 4. The zero-order valence-electron chi connectivity index (χ0n) is 8.29. The third-order valence-corrected chi connectivity index (χ3v) is 1.83. The van der Waals surface area contributed by atoms with Crippen molar-refractivity contribution < 1.29 is 19.0 Å². The van der Waals surface area contributed by atoms with Crippen LogP contribution in [0.5, 0.6) is 5.75 Å². The Hall–Kier alpha value is -1.78. The molecule has 1 aromatic carbocycles. The first-order valence-electron chi connectivity index (χ1n) is 4.52. The van der Waals surface area contributed by atoms with Gasteiger partial charge in [-0.3, -0.25) is 0 Å². The van der Waals surface area contributed by atoms with Crippen molar-refractivity contribution in [2.24, 2.45) is 0 Å². The van der Waals surface area contributed by atoms with E-state index >= 15 is 0 Å². The largest absolute Gasteiger partial charge is 0.493 e. The van der Waals surface area contributed by atoms with Crippen molar-refractivity contribution in [1.29, 1.82) is 0 Å². The van der Waals surface area contributed by atoms with Crippen LogP contribution in [-0.2, 0) is 0 Å². The highest BCUT2D eigenvalue weighted by molar-refractivity contribution is 5.96. The molecule has 82 valence electrons. The molecule has 15 heavy (non-hydrogen) atoms. The average molecular weight is 213 g/mol. The normalized spacial score (nSPS) is 10.0. The minimum absolute atomic E-state index is 0.100. The van der Waals surface area contributed by atoms with Gasteiger partial charge < -0.3 is 15.6 Å². The first kappa shape index (κ1) is 11.3. The van der Waals surface area contributed by atoms with Crippen LogP contribution in [0.25, 0.3) is 0 Å². The van der Waals surface area contributed by atoms with Crippen molar-refractivity contribution >= 4 is 11.7 Å². The molecule has 0 heterocycles. The molecule has 0 spiro atoms. The number of hydrogen-bond acceptors (Lipinski definition) is 3. The van der Waals surface area contributed by atoms with Gasteiger partial charge in [-0.2, -0.15) is 0 Å². The van der Waals surface area contributed by atoms with E-state index in [1.54, 1.807) is 0 Å². The molecular formula is C10H12FNO3. The number of nitrogen functional groups attached to an aromatic ring is 1. The molecule has 0 fully saturated rings. The predicted octanol–water partition coefficient (Wildman–Crippen LogP) is 1.89. The van der Waals surface area contributed by atoms with Crippen LogP contribution < -0.4 is 10.5 Å². The standard InChI is InChI=1S/C10H12FNO3/c1-2-5-15-7-4-3-6(11)9(12)8(7)10(13)14/h3-4H,2,5,12H2,1H3,(H,13,14). The number of halogens is 1. The van der Waals surface area contributed by atoms with E-state index in [0.717, 1.165) is 12.5 Å². The summed E-state index contributed by atoms with van der Waals surface area (Å²) in [5, 5.41) is 8.84. The van der Waals surface area contributed by atoms with Crippen molar-refractivity contribution in [3.8, 4) is 5.75 Å². The highest BCUT2D eigenvalue weighted by Gasteiger charge is 2.18. The molecule has 0 saturated heterocycles. The Balaban J connectivity index is 3.15. The van der Waals surface area contributed by atoms with Gasteiger partial charge in [0.25, 0.3) is 0 Å². The van der Waals surface area contributed by atoms with Crippen LogP contribution >= 0.6 is 0 Å². The van der Waals surface area contributed by atoms with Gasteiger partial charge in [0.2, 0.25) is 0 Å². The number of aromatic carboxylic acids is 1. The van der Waals surface area contributed by atoms with Crippen LogP contribution in [0.3, 0.4) is 0 Å². The van der Waals surface area contributed by atoms with E-state index in [2.05, 4.69) is 0 Å². The fraction of sp³-hybridized carbons (Fsp3) is 0.300. The van der Waals surface area contributed by atoms with E-state index in [0.29, 0.717) is 6.61 Å². The zero-order valence-corrected chi connectivity index (χ0v) is 8.29. The molecule has 0 atom stereocenters. The van der Waals surface area contributed by atoms with Gasteiger partial charge in [-0.25, -0.2) is 9.18 Å². The Morgan fingerprint density at radius 3 is 2.80 bits per heavy atom. The van der Waals surface area contributed by atoms with Crippen molar-refractivity contribution in [3.63, 3.8) is 0 Å². The van der Waals surface area contributed by atoms with Gasteiger partial charge in [0.15, 0.2) is 0 Å². The van der Waals surface area contributed by atoms with Gasteiger partial charge in [0.05, 0.1) is 12.3 Å². The molecule has 0 bridgehead atoms. The molecule has 0 aliphatic heterocycles. The van der Waals surface area contributed by atoms with Gasteiger partial charge in [-0.1, -0.05) is 6.92 Å². The molecule has 0 unspecified atom stereocenters. The molecule has 1 aromatic rings. The minimum Gasteiger partial charge on any atom is -0.493 e. The Labute approximate surface area is 86.5 Å². The lowest BCUT2D eigenvalue weighted by atomic mass is 10.1. The molecule has 0 aliphatic rings. The number of carboxylic acids is 1. The molecule has 5 heteroatoms. The summed E-state index contributed by atoms with van der Waals surface area (Å²) in [5.74, 6) is -1.95. The molecule has 3 N–H and O–H groups in total. The summed E-state index contributed by atoms with van der Waals surface area (Å²) in [6.07, 6.45) is 0.732. The van der Waals surface area contributed by atoms with Gasteiger partial charge in [0.1, 0.15) is 17.1 Å². The second-order valence-corrected chi connectivity index (χ2v) is 2.99. The van der Waals surface area contributed by atoms with Crippen LogP contribution in [0.4, 0.5) is 10.1 Å². The Morgan fingerprint density at radius 1 is 1.60 bits per heavy atom. The molecule has 4 nitrogen and oxygen atoms in total. The van der Waals surface area contributed by atoms with Gasteiger partial charge in [-0.15, -0.1) is 0 Å². The maximum Gasteiger partial charge on any atom is 0.341 e.